The van der Waals surface area contributed by atoms with Crippen molar-refractivity contribution < 1.29 is 22.4 Å². The average molecular weight is 354 g/mol. The van der Waals surface area contributed by atoms with Gasteiger partial charge in [0.05, 0.1) is 12.1 Å². The maximum Gasteiger partial charge on any atom is 0.416 e. The van der Waals surface area contributed by atoms with E-state index in [1.54, 1.807) is 30.1 Å². The monoisotopic (exact) mass is 354 g/mol. The minimum atomic E-state index is -4.36. The van der Waals surface area contributed by atoms with Crippen LogP contribution in [-0.4, -0.2) is 24.4 Å². The van der Waals surface area contributed by atoms with Gasteiger partial charge in [0.1, 0.15) is 5.82 Å². The molecule has 0 radical (unpaired) electrons. The Hall–Kier alpha value is -2.41. The molecular formula is C18H18F4N2O. The van der Waals surface area contributed by atoms with Crippen molar-refractivity contribution in [1.82, 2.24) is 10.2 Å². The molecule has 0 unspecified atom stereocenters. The molecule has 0 aromatic heterocycles. The molecule has 1 amide bonds. The highest BCUT2D eigenvalue weighted by Crippen LogP contribution is 2.29. The van der Waals surface area contributed by atoms with Crippen LogP contribution in [0.2, 0.25) is 0 Å². The molecule has 134 valence electrons. The van der Waals surface area contributed by atoms with Gasteiger partial charge >= 0.3 is 6.18 Å². The van der Waals surface area contributed by atoms with E-state index in [-0.39, 0.29) is 24.8 Å². The van der Waals surface area contributed by atoms with Gasteiger partial charge in [0.15, 0.2) is 0 Å². The highest BCUT2D eigenvalue weighted by Gasteiger charge is 2.29. The van der Waals surface area contributed by atoms with Crippen LogP contribution < -0.4 is 5.32 Å². The predicted octanol–water partition coefficient (Wildman–Crippen LogP) is 3.59. The van der Waals surface area contributed by atoms with Crippen LogP contribution in [0.4, 0.5) is 17.6 Å². The lowest BCUT2D eigenvalue weighted by atomic mass is 10.1. The zero-order chi connectivity index (χ0) is 18.4. The van der Waals surface area contributed by atoms with Gasteiger partial charge in [0, 0.05) is 18.7 Å². The van der Waals surface area contributed by atoms with Crippen LogP contribution >= 0.6 is 0 Å². The SMILES string of the molecule is CN(CC(=O)NCc1ccccc1F)Cc1ccc(C(F)(F)F)cc1. The maximum atomic E-state index is 13.5. The van der Waals surface area contributed by atoms with Crippen molar-refractivity contribution in [1.29, 1.82) is 0 Å². The van der Waals surface area contributed by atoms with Crippen molar-refractivity contribution in [3.8, 4) is 0 Å². The minimum Gasteiger partial charge on any atom is -0.351 e. The van der Waals surface area contributed by atoms with E-state index in [9.17, 15) is 22.4 Å². The van der Waals surface area contributed by atoms with Gasteiger partial charge in [0.25, 0.3) is 0 Å². The Balaban J connectivity index is 1.82. The van der Waals surface area contributed by atoms with Crippen LogP contribution in [0, 0.1) is 5.82 Å². The summed E-state index contributed by atoms with van der Waals surface area (Å²) in [5.74, 6) is -0.682. The fourth-order valence-corrected chi connectivity index (χ4v) is 2.30. The Morgan fingerprint density at radius 3 is 2.32 bits per heavy atom. The second-order valence-electron chi connectivity index (χ2n) is 5.74. The molecule has 0 saturated heterocycles. The summed E-state index contributed by atoms with van der Waals surface area (Å²) in [4.78, 5) is 13.6. The quantitative estimate of drug-likeness (QED) is 0.804. The summed E-state index contributed by atoms with van der Waals surface area (Å²) < 4.78 is 51.0. The van der Waals surface area contributed by atoms with Gasteiger partial charge in [-0.25, -0.2) is 4.39 Å². The van der Waals surface area contributed by atoms with E-state index in [0.29, 0.717) is 17.7 Å². The van der Waals surface area contributed by atoms with Crippen LogP contribution in [0.1, 0.15) is 16.7 Å². The number of carbonyl (C=O) groups excluding carboxylic acids is 1. The van der Waals surface area contributed by atoms with Gasteiger partial charge in [-0.3, -0.25) is 9.69 Å². The molecule has 2 aromatic carbocycles. The zero-order valence-corrected chi connectivity index (χ0v) is 13.6. The van der Waals surface area contributed by atoms with Crippen LogP contribution in [0.15, 0.2) is 48.5 Å². The minimum absolute atomic E-state index is 0.0511. The smallest absolute Gasteiger partial charge is 0.351 e. The standard InChI is InChI=1S/C18H18F4N2O/c1-24(11-13-6-8-15(9-7-13)18(20,21)22)12-17(25)23-10-14-4-2-3-5-16(14)19/h2-9H,10-12H2,1H3,(H,23,25). The number of hydrogen-bond acceptors (Lipinski definition) is 2. The number of amides is 1. The van der Waals surface area contributed by atoms with E-state index in [2.05, 4.69) is 5.32 Å². The summed E-state index contributed by atoms with van der Waals surface area (Å²) in [7, 11) is 1.68. The number of nitrogens with zero attached hydrogens (tertiary/aromatic N) is 1. The van der Waals surface area contributed by atoms with Gasteiger partial charge in [-0.1, -0.05) is 30.3 Å². The van der Waals surface area contributed by atoms with Crippen molar-refractivity contribution in [2.24, 2.45) is 0 Å². The van der Waals surface area contributed by atoms with E-state index >= 15 is 0 Å². The Labute approximate surface area is 143 Å². The van der Waals surface area contributed by atoms with Crippen LogP contribution in [0.5, 0.6) is 0 Å². The first-order valence-corrected chi connectivity index (χ1v) is 7.60. The van der Waals surface area contributed by atoms with Gasteiger partial charge in [-0.15, -0.1) is 0 Å². The third kappa shape index (κ3) is 5.86. The Morgan fingerprint density at radius 2 is 1.72 bits per heavy atom. The van der Waals surface area contributed by atoms with Crippen LogP contribution in [0.25, 0.3) is 0 Å². The predicted molar refractivity (Wildman–Crippen MR) is 86.0 cm³/mol. The summed E-state index contributed by atoms with van der Waals surface area (Å²) in [6, 6.07) is 11.0. The number of halogens is 4. The van der Waals surface area contributed by atoms with Gasteiger partial charge in [-0.05, 0) is 30.8 Å². The molecule has 0 aliphatic carbocycles. The van der Waals surface area contributed by atoms with E-state index in [4.69, 9.17) is 0 Å². The number of carbonyl (C=O) groups is 1. The summed E-state index contributed by atoms with van der Waals surface area (Å²) in [5, 5.41) is 2.62. The van der Waals surface area contributed by atoms with Gasteiger partial charge in [0.2, 0.25) is 5.91 Å². The highest BCUT2D eigenvalue weighted by atomic mass is 19.4. The zero-order valence-electron chi connectivity index (χ0n) is 13.6. The normalized spacial score (nSPS) is 11.6. The second kappa shape index (κ2) is 8.11. The first-order valence-electron chi connectivity index (χ1n) is 7.60. The molecule has 2 rings (SSSR count). The molecule has 0 bridgehead atoms. The number of nitrogens with one attached hydrogen (secondary N) is 1. The molecule has 3 nitrogen and oxygen atoms in total. The van der Waals surface area contributed by atoms with Crippen molar-refractivity contribution in [3.63, 3.8) is 0 Å². The van der Waals surface area contributed by atoms with E-state index in [0.717, 1.165) is 12.1 Å². The molecule has 25 heavy (non-hydrogen) atoms. The first kappa shape index (κ1) is 18.9. The molecular weight excluding hydrogens is 336 g/mol. The topological polar surface area (TPSA) is 32.3 Å². The molecule has 0 fully saturated rings. The third-order valence-corrected chi connectivity index (χ3v) is 3.58. The lowest BCUT2D eigenvalue weighted by Gasteiger charge is -2.17. The number of likely N-dealkylation sites (N-methyl/N-ethyl adjacent to an activating group) is 1. The molecule has 0 aliphatic rings. The van der Waals surface area contributed by atoms with Crippen LogP contribution in [0.3, 0.4) is 0 Å². The van der Waals surface area contributed by atoms with E-state index in [1.165, 1.54) is 18.2 Å². The van der Waals surface area contributed by atoms with Gasteiger partial charge < -0.3 is 5.32 Å². The third-order valence-electron chi connectivity index (χ3n) is 3.58. The molecule has 0 spiro atoms. The van der Waals surface area contributed by atoms with Crippen molar-refractivity contribution in [2.45, 2.75) is 19.3 Å². The van der Waals surface area contributed by atoms with E-state index < -0.39 is 11.7 Å². The summed E-state index contributed by atoms with van der Waals surface area (Å²) in [6.07, 6.45) is -4.36. The summed E-state index contributed by atoms with van der Waals surface area (Å²) in [6.45, 7) is 0.459. The number of alkyl halides is 3. The molecule has 0 heterocycles. The molecule has 0 saturated carbocycles. The fourth-order valence-electron chi connectivity index (χ4n) is 2.30. The molecule has 1 N–H and O–H groups in total. The largest absolute Gasteiger partial charge is 0.416 e. The van der Waals surface area contributed by atoms with Crippen molar-refractivity contribution >= 4 is 5.91 Å². The Morgan fingerprint density at radius 1 is 1.08 bits per heavy atom. The maximum absolute atomic E-state index is 13.5. The lowest BCUT2D eigenvalue weighted by Crippen LogP contribution is -2.34. The molecule has 2 aromatic rings. The molecule has 0 aliphatic heterocycles. The highest BCUT2D eigenvalue weighted by molar-refractivity contribution is 5.77. The molecule has 7 heteroatoms. The Bertz CT molecular complexity index is 714. The summed E-state index contributed by atoms with van der Waals surface area (Å²) in [5.41, 5.74) is 0.347. The average Bonchev–Trinajstić information content (AvgIpc) is 2.53. The van der Waals surface area contributed by atoms with Gasteiger partial charge in [-0.2, -0.15) is 13.2 Å². The molecule has 0 atom stereocenters. The lowest BCUT2D eigenvalue weighted by molar-refractivity contribution is -0.137. The number of benzene rings is 2. The number of hydrogen-bond donors (Lipinski definition) is 1. The van der Waals surface area contributed by atoms with E-state index in [1.807, 2.05) is 0 Å². The van der Waals surface area contributed by atoms with Crippen molar-refractivity contribution in [3.05, 3.63) is 71.0 Å². The first-order chi connectivity index (χ1) is 11.8. The summed E-state index contributed by atoms with van der Waals surface area (Å²) >= 11 is 0. The van der Waals surface area contributed by atoms with Crippen LogP contribution in [-0.2, 0) is 24.1 Å². The fraction of sp³-hybridized carbons (Fsp3) is 0.278. The second-order valence-corrected chi connectivity index (χ2v) is 5.74. The van der Waals surface area contributed by atoms with Crippen molar-refractivity contribution in [2.75, 3.05) is 13.6 Å². The number of rotatable bonds is 6. The Kier molecular flexibility index (Phi) is 6.14.